The van der Waals surface area contributed by atoms with Gasteiger partial charge in [-0.1, -0.05) is 47.0 Å². The van der Waals surface area contributed by atoms with Crippen molar-refractivity contribution in [2.45, 2.75) is 13.8 Å². The summed E-state index contributed by atoms with van der Waals surface area (Å²) in [5.74, 6) is 0.495. The van der Waals surface area contributed by atoms with E-state index in [1.807, 2.05) is 23.5 Å². The average Bonchev–Trinajstić information content (AvgIpc) is 2.78. The van der Waals surface area contributed by atoms with Crippen LogP contribution in [0.5, 0.6) is 0 Å². The highest BCUT2D eigenvalue weighted by molar-refractivity contribution is 8.34. The molecule has 0 saturated heterocycles. The van der Waals surface area contributed by atoms with Gasteiger partial charge in [-0.15, -0.1) is 0 Å². The lowest BCUT2D eigenvalue weighted by Gasteiger charge is -2.04. The van der Waals surface area contributed by atoms with Gasteiger partial charge in [0.05, 0.1) is 20.0 Å². The predicted octanol–water partition coefficient (Wildman–Crippen LogP) is 3.96. The molecular formula is C10H10O2S5. The minimum Gasteiger partial charge on any atom is -0.228 e. The average molecular weight is 323 g/mol. The molecule has 0 aromatic rings. The van der Waals surface area contributed by atoms with Crippen molar-refractivity contribution in [3.05, 3.63) is 28.1 Å². The first-order valence-electron chi connectivity index (χ1n) is 5.00. The second-order valence-electron chi connectivity index (χ2n) is 3.97. The Morgan fingerprint density at radius 2 is 1.24 bits per heavy atom. The molecule has 0 atom stereocenters. The number of sulfone groups is 1. The molecule has 3 rings (SSSR count). The van der Waals surface area contributed by atoms with Crippen LogP contribution in [-0.4, -0.2) is 19.9 Å². The van der Waals surface area contributed by atoms with Crippen molar-refractivity contribution in [3.8, 4) is 0 Å². The molecule has 0 aromatic carbocycles. The van der Waals surface area contributed by atoms with Gasteiger partial charge < -0.3 is 0 Å². The summed E-state index contributed by atoms with van der Waals surface area (Å²) < 4.78 is 25.5. The second-order valence-corrected chi connectivity index (χ2v) is 11.2. The van der Waals surface area contributed by atoms with Crippen LogP contribution in [0.25, 0.3) is 0 Å². The van der Waals surface area contributed by atoms with Crippen molar-refractivity contribution in [1.29, 1.82) is 0 Å². The van der Waals surface area contributed by atoms with Crippen LogP contribution in [0.3, 0.4) is 0 Å². The Balaban J connectivity index is 1.80. The van der Waals surface area contributed by atoms with E-state index >= 15 is 0 Å². The minimum atomic E-state index is -2.84. The summed E-state index contributed by atoms with van der Waals surface area (Å²) in [7, 11) is -2.84. The lowest BCUT2D eigenvalue weighted by Crippen LogP contribution is -2.03. The summed E-state index contributed by atoms with van der Waals surface area (Å²) >= 11 is 6.95. The first kappa shape index (κ1) is 12.6. The SMILES string of the molecule is CC1=C(C)SC(=C2SC3=C(CS(=O)(=O)C3)S2)S1. The fourth-order valence-corrected chi connectivity index (χ4v) is 9.80. The van der Waals surface area contributed by atoms with Gasteiger partial charge in [0.1, 0.15) is 0 Å². The molecule has 0 bridgehead atoms. The van der Waals surface area contributed by atoms with Crippen LogP contribution in [0.1, 0.15) is 13.8 Å². The third-order valence-electron chi connectivity index (χ3n) is 2.60. The smallest absolute Gasteiger partial charge is 0.159 e. The molecule has 17 heavy (non-hydrogen) atoms. The van der Waals surface area contributed by atoms with Crippen LogP contribution in [0, 0.1) is 0 Å². The molecular weight excluding hydrogens is 312 g/mol. The normalized spacial score (nSPS) is 27.4. The van der Waals surface area contributed by atoms with Gasteiger partial charge >= 0.3 is 0 Å². The maximum atomic E-state index is 11.5. The topological polar surface area (TPSA) is 34.1 Å². The first-order valence-corrected chi connectivity index (χ1v) is 10.1. The van der Waals surface area contributed by atoms with Crippen molar-refractivity contribution in [2.24, 2.45) is 0 Å². The Bertz CT molecular complexity index is 552. The van der Waals surface area contributed by atoms with Crippen molar-refractivity contribution < 1.29 is 8.42 Å². The molecule has 3 aliphatic heterocycles. The Labute approximate surface area is 118 Å². The summed E-state index contributed by atoms with van der Waals surface area (Å²) in [6.45, 7) is 4.27. The Morgan fingerprint density at radius 1 is 0.824 bits per heavy atom. The van der Waals surface area contributed by atoms with Gasteiger partial charge in [-0.25, -0.2) is 8.42 Å². The van der Waals surface area contributed by atoms with E-state index < -0.39 is 9.84 Å². The molecule has 0 aliphatic carbocycles. The van der Waals surface area contributed by atoms with Crippen LogP contribution in [0.15, 0.2) is 28.1 Å². The predicted molar refractivity (Wildman–Crippen MR) is 81.4 cm³/mol. The quantitative estimate of drug-likeness (QED) is 0.671. The Morgan fingerprint density at radius 3 is 1.71 bits per heavy atom. The van der Waals surface area contributed by atoms with E-state index in [-0.39, 0.29) is 11.5 Å². The molecule has 0 amide bonds. The lowest BCUT2D eigenvalue weighted by molar-refractivity contribution is 0.603. The molecule has 7 heteroatoms. The van der Waals surface area contributed by atoms with Gasteiger partial charge in [-0.3, -0.25) is 0 Å². The summed E-state index contributed by atoms with van der Waals surface area (Å²) in [6, 6.07) is 0. The summed E-state index contributed by atoms with van der Waals surface area (Å²) in [5, 5.41) is 0. The summed E-state index contributed by atoms with van der Waals surface area (Å²) in [6.07, 6.45) is 0. The van der Waals surface area contributed by atoms with E-state index in [1.165, 1.54) is 18.3 Å². The largest absolute Gasteiger partial charge is 0.228 e. The van der Waals surface area contributed by atoms with E-state index in [9.17, 15) is 8.42 Å². The van der Waals surface area contributed by atoms with Gasteiger partial charge in [-0.2, -0.15) is 0 Å². The zero-order valence-corrected chi connectivity index (χ0v) is 13.4. The number of thioether (sulfide) groups is 4. The summed E-state index contributed by atoms with van der Waals surface area (Å²) in [5.41, 5.74) is 0. The molecule has 0 fully saturated rings. The molecule has 3 heterocycles. The van der Waals surface area contributed by atoms with E-state index in [4.69, 9.17) is 0 Å². The summed E-state index contributed by atoms with van der Waals surface area (Å²) in [4.78, 5) is 4.83. The van der Waals surface area contributed by atoms with Gasteiger partial charge in [0.15, 0.2) is 9.84 Å². The van der Waals surface area contributed by atoms with Gasteiger partial charge in [-0.05, 0) is 23.7 Å². The number of hydrogen-bond donors (Lipinski definition) is 0. The fourth-order valence-electron chi connectivity index (χ4n) is 1.64. The Hall–Kier alpha value is 0.570. The van der Waals surface area contributed by atoms with Gasteiger partial charge in [0.2, 0.25) is 0 Å². The first-order chi connectivity index (χ1) is 7.94. The van der Waals surface area contributed by atoms with Crippen LogP contribution < -0.4 is 0 Å². The standard InChI is InChI=1S/C10H10O2S5/c1-5-6(2)14-9(13-5)10-15-7-3-17(11,12)4-8(7)16-10/h3-4H2,1-2H3. The zero-order chi connectivity index (χ0) is 12.2. The molecule has 92 valence electrons. The number of rotatable bonds is 0. The van der Waals surface area contributed by atoms with E-state index in [2.05, 4.69) is 13.8 Å². The number of hydrogen-bond acceptors (Lipinski definition) is 6. The highest BCUT2D eigenvalue weighted by atomic mass is 32.2. The van der Waals surface area contributed by atoms with Crippen LogP contribution >= 0.6 is 47.0 Å². The highest BCUT2D eigenvalue weighted by Crippen LogP contribution is 2.61. The van der Waals surface area contributed by atoms with E-state index in [0.717, 1.165) is 9.81 Å². The molecule has 3 aliphatic rings. The lowest BCUT2D eigenvalue weighted by atomic mass is 10.6. The third-order valence-corrected chi connectivity index (χ3v) is 10.3. The number of allylic oxidation sites excluding steroid dienone is 2. The van der Waals surface area contributed by atoms with Crippen molar-refractivity contribution in [3.63, 3.8) is 0 Å². The minimum absolute atomic E-state index is 0.248. The molecule has 0 spiro atoms. The van der Waals surface area contributed by atoms with Crippen molar-refractivity contribution in [1.82, 2.24) is 0 Å². The second kappa shape index (κ2) is 4.30. The van der Waals surface area contributed by atoms with Gasteiger partial charge in [0, 0.05) is 9.81 Å². The maximum Gasteiger partial charge on any atom is 0.159 e. The van der Waals surface area contributed by atoms with E-state index in [1.54, 1.807) is 23.5 Å². The van der Waals surface area contributed by atoms with Crippen molar-refractivity contribution >= 4 is 56.9 Å². The Kier molecular flexibility index (Phi) is 3.18. The molecule has 0 aromatic heterocycles. The molecule has 0 radical (unpaired) electrons. The third kappa shape index (κ3) is 2.36. The monoisotopic (exact) mass is 322 g/mol. The molecule has 2 nitrogen and oxygen atoms in total. The molecule has 0 saturated carbocycles. The fraction of sp³-hybridized carbons (Fsp3) is 0.400. The van der Waals surface area contributed by atoms with Crippen molar-refractivity contribution in [2.75, 3.05) is 11.5 Å². The van der Waals surface area contributed by atoms with Crippen LogP contribution in [-0.2, 0) is 9.84 Å². The van der Waals surface area contributed by atoms with E-state index in [0.29, 0.717) is 0 Å². The zero-order valence-electron chi connectivity index (χ0n) is 9.27. The molecule has 0 unspecified atom stereocenters. The van der Waals surface area contributed by atoms with Crippen LogP contribution in [0.4, 0.5) is 0 Å². The highest BCUT2D eigenvalue weighted by Gasteiger charge is 2.36. The maximum absolute atomic E-state index is 11.5. The van der Waals surface area contributed by atoms with Gasteiger partial charge in [0.25, 0.3) is 0 Å². The molecule has 0 N–H and O–H groups in total. The van der Waals surface area contributed by atoms with Crippen LogP contribution in [0.2, 0.25) is 0 Å².